The molecule has 1 atom stereocenters. The van der Waals surface area contributed by atoms with Crippen LogP contribution in [0.1, 0.15) is 5.56 Å². The number of ether oxygens (including phenoxy) is 1. The van der Waals surface area contributed by atoms with E-state index in [0.717, 1.165) is 22.2 Å². The molecule has 4 N–H and O–H groups in total. The number of nitrogens with one attached hydrogen (secondary N) is 1. The monoisotopic (exact) mass is 220 g/mol. The fourth-order valence-electron chi connectivity index (χ4n) is 1.80. The molecule has 0 aliphatic heterocycles. The predicted molar refractivity (Wildman–Crippen MR) is 63.6 cm³/mol. The molecule has 0 aliphatic carbocycles. The highest BCUT2D eigenvalue weighted by Gasteiger charge is 2.08. The van der Waals surface area contributed by atoms with Crippen molar-refractivity contribution in [1.29, 1.82) is 0 Å². The van der Waals surface area contributed by atoms with Crippen LogP contribution in [0.3, 0.4) is 0 Å². The van der Waals surface area contributed by atoms with Crippen molar-refractivity contribution in [3.05, 3.63) is 30.0 Å². The summed E-state index contributed by atoms with van der Waals surface area (Å²) in [6, 6.07) is 5.65. The van der Waals surface area contributed by atoms with Gasteiger partial charge in [-0.25, -0.2) is 0 Å². The van der Waals surface area contributed by atoms with Crippen LogP contribution in [0, 0.1) is 0 Å². The van der Waals surface area contributed by atoms with Crippen molar-refractivity contribution >= 4 is 10.9 Å². The zero-order chi connectivity index (χ0) is 11.5. The highest BCUT2D eigenvalue weighted by atomic mass is 16.5. The number of aliphatic hydroxyl groups is 1. The van der Waals surface area contributed by atoms with Gasteiger partial charge in [-0.1, -0.05) is 0 Å². The summed E-state index contributed by atoms with van der Waals surface area (Å²) < 4.78 is 5.18. The van der Waals surface area contributed by atoms with Crippen LogP contribution >= 0.6 is 0 Å². The maximum atomic E-state index is 8.95. The smallest absolute Gasteiger partial charge is 0.119 e. The number of fused-ring (bicyclic) bond motifs is 1. The van der Waals surface area contributed by atoms with E-state index in [2.05, 4.69) is 4.98 Å². The first-order valence-corrected chi connectivity index (χ1v) is 5.25. The molecule has 4 nitrogen and oxygen atoms in total. The Kier molecular flexibility index (Phi) is 3.12. The van der Waals surface area contributed by atoms with E-state index in [9.17, 15) is 0 Å². The summed E-state index contributed by atoms with van der Waals surface area (Å²) in [6.07, 6.45) is 2.59. The average molecular weight is 220 g/mol. The Morgan fingerprint density at radius 2 is 2.31 bits per heavy atom. The van der Waals surface area contributed by atoms with E-state index in [0.29, 0.717) is 6.42 Å². The summed E-state index contributed by atoms with van der Waals surface area (Å²) in [6.45, 7) is -0.00333. The Bertz CT molecular complexity index is 479. The first-order chi connectivity index (χ1) is 7.74. The number of benzene rings is 1. The van der Waals surface area contributed by atoms with Gasteiger partial charge < -0.3 is 20.6 Å². The molecule has 4 heteroatoms. The molecule has 0 unspecified atom stereocenters. The zero-order valence-corrected chi connectivity index (χ0v) is 9.23. The molecule has 0 fully saturated rings. The minimum Gasteiger partial charge on any atom is -0.497 e. The number of aromatic amines is 1. The van der Waals surface area contributed by atoms with Crippen LogP contribution in [-0.2, 0) is 6.42 Å². The fourth-order valence-corrected chi connectivity index (χ4v) is 1.80. The molecular weight excluding hydrogens is 204 g/mol. The largest absolute Gasteiger partial charge is 0.497 e. The van der Waals surface area contributed by atoms with Gasteiger partial charge in [0.1, 0.15) is 5.75 Å². The molecule has 2 rings (SSSR count). The van der Waals surface area contributed by atoms with Gasteiger partial charge in [-0.3, -0.25) is 0 Å². The van der Waals surface area contributed by atoms with Gasteiger partial charge in [-0.2, -0.15) is 0 Å². The summed E-state index contributed by atoms with van der Waals surface area (Å²) in [5.41, 5.74) is 7.89. The van der Waals surface area contributed by atoms with E-state index < -0.39 is 0 Å². The number of rotatable bonds is 4. The average Bonchev–Trinajstić information content (AvgIpc) is 2.71. The second-order valence-electron chi connectivity index (χ2n) is 3.87. The Labute approximate surface area is 94.0 Å². The van der Waals surface area contributed by atoms with Crippen molar-refractivity contribution in [2.75, 3.05) is 13.7 Å². The van der Waals surface area contributed by atoms with E-state index in [1.807, 2.05) is 24.4 Å². The summed E-state index contributed by atoms with van der Waals surface area (Å²) >= 11 is 0. The van der Waals surface area contributed by atoms with E-state index in [1.165, 1.54) is 0 Å². The Balaban J connectivity index is 2.38. The molecule has 86 valence electrons. The second kappa shape index (κ2) is 4.55. The highest BCUT2D eigenvalue weighted by molar-refractivity contribution is 5.84. The summed E-state index contributed by atoms with van der Waals surface area (Å²) in [4.78, 5) is 3.18. The van der Waals surface area contributed by atoms with Crippen LogP contribution in [0.5, 0.6) is 5.75 Å². The molecule has 0 amide bonds. The maximum Gasteiger partial charge on any atom is 0.119 e. The molecule has 0 spiro atoms. The molecule has 1 aromatic carbocycles. The van der Waals surface area contributed by atoms with Gasteiger partial charge in [0.25, 0.3) is 0 Å². The van der Waals surface area contributed by atoms with Gasteiger partial charge in [0, 0.05) is 23.1 Å². The third kappa shape index (κ3) is 2.03. The van der Waals surface area contributed by atoms with Gasteiger partial charge in [0.15, 0.2) is 0 Å². The molecule has 1 heterocycles. The molecule has 0 radical (unpaired) electrons. The Hall–Kier alpha value is -1.52. The van der Waals surface area contributed by atoms with E-state index >= 15 is 0 Å². The third-order valence-electron chi connectivity index (χ3n) is 2.69. The van der Waals surface area contributed by atoms with Gasteiger partial charge in [0.2, 0.25) is 0 Å². The van der Waals surface area contributed by atoms with Crippen molar-refractivity contribution in [3.8, 4) is 5.75 Å². The first-order valence-electron chi connectivity index (χ1n) is 5.25. The van der Waals surface area contributed by atoms with Crippen LogP contribution in [0.25, 0.3) is 10.9 Å². The van der Waals surface area contributed by atoms with Gasteiger partial charge in [-0.05, 0) is 30.2 Å². The highest BCUT2D eigenvalue weighted by Crippen LogP contribution is 2.24. The normalized spacial score (nSPS) is 12.9. The summed E-state index contributed by atoms with van der Waals surface area (Å²) in [5, 5.41) is 10.0. The van der Waals surface area contributed by atoms with Crippen molar-refractivity contribution in [2.24, 2.45) is 5.73 Å². The second-order valence-corrected chi connectivity index (χ2v) is 3.87. The standard InChI is InChI=1S/C12H16N2O2/c1-16-10-2-3-12-11(5-10)8(6-14-12)4-9(13)7-15/h2-3,5-6,9,14-15H,4,7,13H2,1H3/t9-/m0/s1. The lowest BCUT2D eigenvalue weighted by molar-refractivity contribution is 0.265. The van der Waals surface area contributed by atoms with Crippen LogP contribution in [0.2, 0.25) is 0 Å². The van der Waals surface area contributed by atoms with Crippen LogP contribution in [0.15, 0.2) is 24.4 Å². The number of H-pyrrole nitrogens is 1. The first kappa shape index (κ1) is 11.0. The maximum absolute atomic E-state index is 8.95. The molecule has 1 aromatic heterocycles. The Morgan fingerprint density at radius 3 is 3.00 bits per heavy atom. The lowest BCUT2D eigenvalue weighted by Gasteiger charge is -2.07. The summed E-state index contributed by atoms with van der Waals surface area (Å²) in [5.74, 6) is 0.825. The Morgan fingerprint density at radius 1 is 1.50 bits per heavy atom. The molecule has 0 aliphatic rings. The third-order valence-corrected chi connectivity index (χ3v) is 2.69. The molecule has 0 saturated carbocycles. The zero-order valence-electron chi connectivity index (χ0n) is 9.23. The van der Waals surface area contributed by atoms with Gasteiger partial charge in [0.05, 0.1) is 13.7 Å². The number of aliphatic hydroxyl groups excluding tert-OH is 1. The van der Waals surface area contributed by atoms with Crippen molar-refractivity contribution in [3.63, 3.8) is 0 Å². The lowest BCUT2D eigenvalue weighted by atomic mass is 10.1. The molecule has 2 aromatic rings. The number of nitrogens with two attached hydrogens (primary N) is 1. The minimum absolute atomic E-state index is 0.00333. The van der Waals surface area contributed by atoms with Gasteiger partial charge in [-0.15, -0.1) is 0 Å². The topological polar surface area (TPSA) is 71.3 Å². The van der Waals surface area contributed by atoms with E-state index in [4.69, 9.17) is 15.6 Å². The van der Waals surface area contributed by atoms with Crippen molar-refractivity contribution in [1.82, 2.24) is 4.98 Å². The van der Waals surface area contributed by atoms with Crippen LogP contribution < -0.4 is 10.5 Å². The van der Waals surface area contributed by atoms with E-state index in [1.54, 1.807) is 7.11 Å². The fraction of sp³-hybridized carbons (Fsp3) is 0.333. The quantitative estimate of drug-likeness (QED) is 0.721. The molecule has 16 heavy (non-hydrogen) atoms. The van der Waals surface area contributed by atoms with E-state index in [-0.39, 0.29) is 12.6 Å². The SMILES string of the molecule is COc1ccc2[nH]cc(C[C@H](N)CO)c2c1. The molecule has 0 bridgehead atoms. The number of hydrogen-bond donors (Lipinski definition) is 3. The number of hydrogen-bond acceptors (Lipinski definition) is 3. The molecule has 0 saturated heterocycles. The van der Waals surface area contributed by atoms with Crippen LogP contribution in [0.4, 0.5) is 0 Å². The van der Waals surface area contributed by atoms with Crippen molar-refractivity contribution in [2.45, 2.75) is 12.5 Å². The lowest BCUT2D eigenvalue weighted by Crippen LogP contribution is -2.26. The molecular formula is C12H16N2O2. The number of aromatic nitrogens is 1. The van der Waals surface area contributed by atoms with Crippen LogP contribution in [-0.4, -0.2) is 29.8 Å². The number of methoxy groups -OCH3 is 1. The van der Waals surface area contributed by atoms with Crippen molar-refractivity contribution < 1.29 is 9.84 Å². The predicted octanol–water partition coefficient (Wildman–Crippen LogP) is 1.04. The minimum atomic E-state index is -0.217. The van der Waals surface area contributed by atoms with Gasteiger partial charge >= 0.3 is 0 Å². The summed E-state index contributed by atoms with van der Waals surface area (Å²) in [7, 11) is 1.65.